The van der Waals surface area contributed by atoms with Gasteiger partial charge < -0.3 is 10.6 Å². The van der Waals surface area contributed by atoms with Gasteiger partial charge in [-0.25, -0.2) is 0 Å². The van der Waals surface area contributed by atoms with Crippen LogP contribution in [0.5, 0.6) is 0 Å². The molecule has 0 saturated heterocycles. The number of hydrogen-bond donors (Lipinski definition) is 2. The van der Waals surface area contributed by atoms with Crippen LogP contribution < -0.4 is 10.6 Å². The highest BCUT2D eigenvalue weighted by atomic mass is 32.1. The molecule has 0 aromatic carbocycles. The zero-order chi connectivity index (χ0) is 14.7. The largest absolute Gasteiger partial charge is 0.317 e. The van der Waals surface area contributed by atoms with Gasteiger partial charge in [-0.1, -0.05) is 0 Å². The van der Waals surface area contributed by atoms with Crippen molar-refractivity contribution in [3.05, 3.63) is 34.5 Å². The van der Waals surface area contributed by atoms with E-state index in [1.165, 1.54) is 11.3 Å². The number of aromatic nitrogens is 2. The van der Waals surface area contributed by atoms with Crippen molar-refractivity contribution in [1.29, 1.82) is 5.26 Å². The van der Waals surface area contributed by atoms with E-state index in [9.17, 15) is 10.1 Å². The van der Waals surface area contributed by atoms with Crippen molar-refractivity contribution in [2.45, 2.75) is 25.9 Å². The van der Waals surface area contributed by atoms with E-state index in [-0.39, 0.29) is 5.91 Å². The fourth-order valence-electron chi connectivity index (χ4n) is 2.38. The fraction of sp³-hybridized carbons (Fsp3) is 0.357. The number of fused-ring (bicyclic) bond motifs is 1. The van der Waals surface area contributed by atoms with Crippen LogP contribution in [0.3, 0.4) is 0 Å². The summed E-state index contributed by atoms with van der Waals surface area (Å²) in [6.07, 6.45) is 4.70. The smallest absolute Gasteiger partial charge is 0.226 e. The third kappa shape index (κ3) is 2.96. The van der Waals surface area contributed by atoms with Crippen LogP contribution >= 0.6 is 11.3 Å². The second-order valence-corrected chi connectivity index (χ2v) is 5.92. The predicted octanol–water partition coefficient (Wildman–Crippen LogP) is 1.49. The Labute approximate surface area is 126 Å². The Balaban J connectivity index is 1.68. The highest BCUT2D eigenvalue weighted by molar-refractivity contribution is 7.16. The summed E-state index contributed by atoms with van der Waals surface area (Å²) >= 11 is 1.50. The monoisotopic (exact) mass is 301 g/mol. The van der Waals surface area contributed by atoms with Crippen LogP contribution in [0.4, 0.5) is 5.00 Å². The lowest BCUT2D eigenvalue weighted by atomic mass is 10.1. The molecule has 3 heterocycles. The van der Waals surface area contributed by atoms with E-state index in [1.54, 1.807) is 10.9 Å². The van der Waals surface area contributed by atoms with E-state index in [1.807, 2.05) is 12.3 Å². The van der Waals surface area contributed by atoms with Gasteiger partial charge in [0.1, 0.15) is 11.1 Å². The molecule has 7 heteroatoms. The lowest BCUT2D eigenvalue weighted by Crippen LogP contribution is -2.22. The van der Waals surface area contributed by atoms with Crippen molar-refractivity contribution in [2.75, 3.05) is 11.9 Å². The SMILES string of the molecule is N#Cc1c(NC(=O)CCn2cccn2)sc2c1CCNC2. The van der Waals surface area contributed by atoms with Crippen LogP contribution in [0.2, 0.25) is 0 Å². The van der Waals surface area contributed by atoms with Crippen LogP contribution in [-0.4, -0.2) is 22.2 Å². The molecule has 3 rings (SSSR count). The molecule has 0 unspecified atom stereocenters. The highest BCUT2D eigenvalue weighted by Crippen LogP contribution is 2.34. The Bertz CT molecular complexity index is 683. The second-order valence-electron chi connectivity index (χ2n) is 4.81. The van der Waals surface area contributed by atoms with Gasteiger partial charge in [0.05, 0.1) is 5.56 Å². The van der Waals surface area contributed by atoms with Crippen molar-refractivity contribution in [3.63, 3.8) is 0 Å². The molecule has 0 fully saturated rings. The Kier molecular flexibility index (Phi) is 3.99. The molecule has 1 aliphatic rings. The highest BCUT2D eigenvalue weighted by Gasteiger charge is 2.21. The number of nitriles is 1. The molecule has 2 aromatic rings. The Morgan fingerprint density at radius 3 is 3.29 bits per heavy atom. The summed E-state index contributed by atoms with van der Waals surface area (Å²) in [5, 5.41) is 20.2. The number of nitrogens with one attached hydrogen (secondary N) is 2. The summed E-state index contributed by atoms with van der Waals surface area (Å²) in [7, 11) is 0. The van der Waals surface area contributed by atoms with Crippen LogP contribution in [0, 0.1) is 11.3 Å². The quantitative estimate of drug-likeness (QED) is 0.896. The molecule has 0 radical (unpaired) electrons. The number of rotatable bonds is 4. The third-order valence-electron chi connectivity index (χ3n) is 3.42. The van der Waals surface area contributed by atoms with Gasteiger partial charge in [0.25, 0.3) is 0 Å². The molecular weight excluding hydrogens is 286 g/mol. The van der Waals surface area contributed by atoms with Gasteiger partial charge in [-0.2, -0.15) is 10.4 Å². The van der Waals surface area contributed by atoms with Gasteiger partial charge in [-0.3, -0.25) is 9.48 Å². The van der Waals surface area contributed by atoms with Crippen LogP contribution in [0.15, 0.2) is 18.5 Å². The predicted molar refractivity (Wildman–Crippen MR) is 79.9 cm³/mol. The van der Waals surface area contributed by atoms with E-state index in [0.717, 1.165) is 30.0 Å². The fourth-order valence-corrected chi connectivity index (χ4v) is 3.56. The zero-order valence-electron chi connectivity index (χ0n) is 11.4. The number of nitrogens with zero attached hydrogens (tertiary/aromatic N) is 3. The minimum absolute atomic E-state index is 0.0893. The summed E-state index contributed by atoms with van der Waals surface area (Å²) in [4.78, 5) is 13.2. The number of carbonyl (C=O) groups is 1. The minimum Gasteiger partial charge on any atom is -0.317 e. The molecular formula is C14H15N5OS. The topological polar surface area (TPSA) is 82.7 Å². The molecule has 108 valence electrons. The van der Waals surface area contributed by atoms with Crippen molar-refractivity contribution >= 4 is 22.2 Å². The van der Waals surface area contributed by atoms with E-state index in [0.29, 0.717) is 23.5 Å². The van der Waals surface area contributed by atoms with Crippen molar-refractivity contribution in [3.8, 4) is 6.07 Å². The molecule has 0 atom stereocenters. The first-order valence-corrected chi connectivity index (χ1v) is 7.62. The van der Waals surface area contributed by atoms with E-state index < -0.39 is 0 Å². The summed E-state index contributed by atoms with van der Waals surface area (Å²) in [6.45, 7) is 2.19. The molecule has 1 amide bonds. The molecule has 2 aromatic heterocycles. The lowest BCUT2D eigenvalue weighted by molar-refractivity contribution is -0.116. The molecule has 6 nitrogen and oxygen atoms in total. The lowest BCUT2D eigenvalue weighted by Gasteiger charge is -2.11. The van der Waals surface area contributed by atoms with Crippen LogP contribution in [0.25, 0.3) is 0 Å². The van der Waals surface area contributed by atoms with Crippen LogP contribution in [-0.2, 0) is 24.3 Å². The number of amides is 1. The molecule has 0 bridgehead atoms. The molecule has 0 saturated carbocycles. The summed E-state index contributed by atoms with van der Waals surface area (Å²) in [5.74, 6) is -0.0893. The van der Waals surface area contributed by atoms with Gasteiger partial charge in [0.2, 0.25) is 5.91 Å². The first-order chi connectivity index (χ1) is 10.3. The van der Waals surface area contributed by atoms with Crippen molar-refractivity contribution < 1.29 is 4.79 Å². The molecule has 1 aliphatic heterocycles. The number of hydrogen-bond acceptors (Lipinski definition) is 5. The first kappa shape index (κ1) is 13.8. The minimum atomic E-state index is -0.0893. The van der Waals surface area contributed by atoms with Gasteiger partial charge in [0.15, 0.2) is 0 Å². The maximum atomic E-state index is 12.0. The van der Waals surface area contributed by atoms with Crippen molar-refractivity contribution in [1.82, 2.24) is 15.1 Å². The Hall–Kier alpha value is -2.17. The Morgan fingerprint density at radius 2 is 2.52 bits per heavy atom. The van der Waals surface area contributed by atoms with Gasteiger partial charge in [-0.05, 0) is 24.6 Å². The number of aryl methyl sites for hydroxylation is 1. The standard InChI is InChI=1S/C14H15N5OS/c15-8-11-10-2-5-16-9-12(10)21-14(11)18-13(20)3-7-19-6-1-4-17-19/h1,4,6,16H,2-3,5,7,9H2,(H,18,20). The second kappa shape index (κ2) is 6.08. The zero-order valence-corrected chi connectivity index (χ0v) is 12.2. The average molecular weight is 301 g/mol. The van der Waals surface area contributed by atoms with Gasteiger partial charge in [-0.15, -0.1) is 11.3 Å². The van der Waals surface area contributed by atoms with Crippen LogP contribution in [0.1, 0.15) is 22.4 Å². The van der Waals surface area contributed by atoms with E-state index in [2.05, 4.69) is 21.8 Å². The number of carbonyl (C=O) groups excluding carboxylic acids is 1. The molecule has 0 spiro atoms. The summed E-state index contributed by atoms with van der Waals surface area (Å²) in [6, 6.07) is 4.05. The van der Waals surface area contributed by atoms with Gasteiger partial charge in [0, 0.05) is 36.8 Å². The third-order valence-corrected chi connectivity index (χ3v) is 4.57. The maximum Gasteiger partial charge on any atom is 0.226 e. The summed E-state index contributed by atoms with van der Waals surface area (Å²) < 4.78 is 1.72. The Morgan fingerprint density at radius 1 is 1.62 bits per heavy atom. The first-order valence-electron chi connectivity index (χ1n) is 6.80. The molecule has 21 heavy (non-hydrogen) atoms. The average Bonchev–Trinajstić information content (AvgIpc) is 3.12. The van der Waals surface area contributed by atoms with E-state index in [4.69, 9.17) is 0 Å². The molecule has 0 aliphatic carbocycles. The van der Waals surface area contributed by atoms with Crippen molar-refractivity contribution in [2.24, 2.45) is 0 Å². The molecule has 2 N–H and O–H groups in total. The van der Waals surface area contributed by atoms with Gasteiger partial charge >= 0.3 is 0 Å². The number of anilines is 1. The maximum absolute atomic E-state index is 12.0. The summed E-state index contributed by atoms with van der Waals surface area (Å²) in [5.41, 5.74) is 1.72. The number of thiophene rings is 1. The normalized spacial score (nSPS) is 13.5. The van der Waals surface area contributed by atoms with E-state index >= 15 is 0 Å².